The minimum Gasteiger partial charge on any atom is -0.377 e. The van der Waals surface area contributed by atoms with Gasteiger partial charge in [-0.2, -0.15) is 4.31 Å². The van der Waals surface area contributed by atoms with Crippen molar-refractivity contribution >= 4 is 21.6 Å². The average molecular weight is 359 g/mol. The molecule has 2 fully saturated rings. The highest BCUT2D eigenvalue weighted by Crippen LogP contribution is 2.21. The van der Waals surface area contributed by atoms with Crippen molar-refractivity contribution in [1.82, 2.24) is 9.21 Å². The molecule has 0 N–H and O–H groups in total. The van der Waals surface area contributed by atoms with Gasteiger partial charge in [-0.1, -0.05) is 11.6 Å². The molecule has 3 rings (SSSR count). The van der Waals surface area contributed by atoms with Gasteiger partial charge in [0.05, 0.1) is 11.0 Å². The van der Waals surface area contributed by atoms with Crippen molar-refractivity contribution in [2.45, 2.75) is 30.3 Å². The van der Waals surface area contributed by atoms with E-state index in [2.05, 4.69) is 4.90 Å². The van der Waals surface area contributed by atoms with E-state index in [0.717, 1.165) is 39.1 Å². The molecule has 2 saturated heterocycles. The van der Waals surface area contributed by atoms with E-state index in [1.807, 2.05) is 0 Å². The normalized spacial score (nSPS) is 24.7. The molecule has 23 heavy (non-hydrogen) atoms. The van der Waals surface area contributed by atoms with Crippen molar-refractivity contribution in [3.05, 3.63) is 29.3 Å². The number of nitrogens with zero attached hydrogens (tertiary/aromatic N) is 2. The first-order valence-electron chi connectivity index (χ1n) is 8.15. The number of hydrogen-bond donors (Lipinski definition) is 0. The fourth-order valence-corrected chi connectivity index (χ4v) is 4.70. The smallest absolute Gasteiger partial charge is 0.243 e. The van der Waals surface area contributed by atoms with Gasteiger partial charge in [0, 0.05) is 44.4 Å². The van der Waals surface area contributed by atoms with Gasteiger partial charge in [-0.15, -0.1) is 0 Å². The predicted molar refractivity (Wildman–Crippen MR) is 90.2 cm³/mol. The van der Waals surface area contributed by atoms with Crippen molar-refractivity contribution in [1.29, 1.82) is 0 Å². The summed E-state index contributed by atoms with van der Waals surface area (Å²) in [7, 11) is -3.42. The lowest BCUT2D eigenvalue weighted by Crippen LogP contribution is -2.50. The molecular weight excluding hydrogens is 336 g/mol. The molecule has 0 aromatic heterocycles. The summed E-state index contributed by atoms with van der Waals surface area (Å²) in [6.45, 7) is 4.33. The number of sulfonamides is 1. The van der Waals surface area contributed by atoms with Gasteiger partial charge in [0.1, 0.15) is 0 Å². The molecule has 0 radical (unpaired) electrons. The summed E-state index contributed by atoms with van der Waals surface area (Å²) in [5.74, 6) is 0. The van der Waals surface area contributed by atoms with E-state index in [1.54, 1.807) is 28.6 Å². The highest BCUT2D eigenvalue weighted by Gasteiger charge is 2.29. The number of ether oxygens (including phenoxy) is 1. The van der Waals surface area contributed by atoms with E-state index in [0.29, 0.717) is 29.1 Å². The molecule has 0 saturated carbocycles. The Morgan fingerprint density at radius 2 is 1.78 bits per heavy atom. The van der Waals surface area contributed by atoms with Gasteiger partial charge in [-0.05, 0) is 43.5 Å². The van der Waals surface area contributed by atoms with Crippen LogP contribution in [0.5, 0.6) is 0 Å². The SMILES string of the molecule is O=S(=O)(c1ccc(Cl)cc1)N1CCN(CC2CCCCO2)CC1. The molecule has 2 heterocycles. The molecule has 2 aliphatic heterocycles. The van der Waals surface area contributed by atoms with Crippen LogP contribution in [0.15, 0.2) is 29.2 Å². The van der Waals surface area contributed by atoms with E-state index in [-0.39, 0.29) is 0 Å². The molecule has 0 aliphatic carbocycles. The molecule has 2 aliphatic rings. The fraction of sp³-hybridized carbons (Fsp3) is 0.625. The first-order chi connectivity index (χ1) is 11.1. The van der Waals surface area contributed by atoms with Crippen molar-refractivity contribution < 1.29 is 13.2 Å². The zero-order valence-corrected chi connectivity index (χ0v) is 14.7. The van der Waals surface area contributed by atoms with Crippen molar-refractivity contribution in [3.63, 3.8) is 0 Å². The highest BCUT2D eigenvalue weighted by atomic mass is 35.5. The lowest BCUT2D eigenvalue weighted by atomic mass is 10.1. The van der Waals surface area contributed by atoms with E-state index < -0.39 is 10.0 Å². The van der Waals surface area contributed by atoms with Crippen molar-refractivity contribution in [3.8, 4) is 0 Å². The van der Waals surface area contributed by atoms with Crippen LogP contribution in [-0.2, 0) is 14.8 Å². The number of hydrogen-bond acceptors (Lipinski definition) is 4. The first kappa shape index (κ1) is 17.2. The van der Waals surface area contributed by atoms with Crippen LogP contribution in [0.2, 0.25) is 5.02 Å². The second-order valence-corrected chi connectivity index (χ2v) is 8.52. The molecule has 0 bridgehead atoms. The molecule has 0 amide bonds. The summed E-state index contributed by atoms with van der Waals surface area (Å²) in [4.78, 5) is 2.62. The first-order valence-corrected chi connectivity index (χ1v) is 9.97. The summed E-state index contributed by atoms with van der Waals surface area (Å²) in [6, 6.07) is 6.37. The van der Waals surface area contributed by atoms with E-state index >= 15 is 0 Å². The Balaban J connectivity index is 1.56. The maximum absolute atomic E-state index is 12.6. The lowest BCUT2D eigenvalue weighted by molar-refractivity contribution is -0.0103. The van der Waals surface area contributed by atoms with Gasteiger partial charge < -0.3 is 4.74 Å². The zero-order valence-electron chi connectivity index (χ0n) is 13.2. The quantitative estimate of drug-likeness (QED) is 0.828. The van der Waals surface area contributed by atoms with Crippen LogP contribution in [0.1, 0.15) is 19.3 Å². The van der Waals surface area contributed by atoms with E-state index in [9.17, 15) is 8.42 Å². The molecule has 128 valence electrons. The maximum atomic E-state index is 12.6. The Morgan fingerprint density at radius 3 is 2.39 bits per heavy atom. The molecule has 1 aromatic rings. The van der Waals surface area contributed by atoms with Gasteiger partial charge in [-0.25, -0.2) is 8.42 Å². The van der Waals surface area contributed by atoms with Crippen molar-refractivity contribution in [2.24, 2.45) is 0 Å². The predicted octanol–water partition coefficient (Wildman–Crippen LogP) is 2.22. The van der Waals surface area contributed by atoms with Crippen LogP contribution in [0.25, 0.3) is 0 Å². The largest absolute Gasteiger partial charge is 0.377 e. The Morgan fingerprint density at radius 1 is 1.09 bits per heavy atom. The van der Waals surface area contributed by atoms with Gasteiger partial charge >= 0.3 is 0 Å². The third-order valence-electron chi connectivity index (χ3n) is 4.52. The number of halogens is 1. The Hall–Kier alpha value is -0.660. The minimum atomic E-state index is -3.42. The molecule has 1 unspecified atom stereocenters. The van der Waals surface area contributed by atoms with Crippen LogP contribution in [0.3, 0.4) is 0 Å². The van der Waals surface area contributed by atoms with Gasteiger partial charge in [0.15, 0.2) is 0 Å². The fourth-order valence-electron chi connectivity index (χ4n) is 3.15. The molecule has 1 atom stereocenters. The van der Waals surface area contributed by atoms with Crippen LogP contribution in [0, 0.1) is 0 Å². The van der Waals surface area contributed by atoms with Gasteiger partial charge in [0.25, 0.3) is 0 Å². The van der Waals surface area contributed by atoms with Crippen LogP contribution in [0.4, 0.5) is 0 Å². The van der Waals surface area contributed by atoms with Crippen LogP contribution in [-0.4, -0.2) is 63.1 Å². The standard InChI is InChI=1S/C16H23ClN2O3S/c17-14-4-6-16(7-5-14)23(20,21)19-10-8-18(9-11-19)13-15-3-1-2-12-22-15/h4-7,15H,1-3,8-13H2. The summed E-state index contributed by atoms with van der Waals surface area (Å²) in [6.07, 6.45) is 3.81. The van der Waals surface area contributed by atoms with Gasteiger partial charge in [-0.3, -0.25) is 4.90 Å². The van der Waals surface area contributed by atoms with Gasteiger partial charge in [0.2, 0.25) is 10.0 Å². The summed E-state index contributed by atoms with van der Waals surface area (Å²) < 4.78 is 32.6. The van der Waals surface area contributed by atoms with E-state index in [4.69, 9.17) is 16.3 Å². The zero-order chi connectivity index (χ0) is 16.3. The van der Waals surface area contributed by atoms with Crippen LogP contribution < -0.4 is 0 Å². The summed E-state index contributed by atoms with van der Waals surface area (Å²) in [5, 5.41) is 0.543. The number of piperazine rings is 1. The second kappa shape index (κ2) is 7.49. The Bertz CT molecular complexity index is 607. The molecular formula is C16H23ClN2O3S. The maximum Gasteiger partial charge on any atom is 0.243 e. The highest BCUT2D eigenvalue weighted by molar-refractivity contribution is 7.89. The van der Waals surface area contributed by atoms with Crippen molar-refractivity contribution in [2.75, 3.05) is 39.3 Å². The summed E-state index contributed by atoms with van der Waals surface area (Å²) in [5.41, 5.74) is 0. The Kier molecular flexibility index (Phi) is 5.59. The third kappa shape index (κ3) is 4.25. The summed E-state index contributed by atoms with van der Waals surface area (Å²) >= 11 is 5.83. The molecule has 0 spiro atoms. The monoisotopic (exact) mass is 358 g/mol. The molecule has 7 heteroatoms. The second-order valence-electron chi connectivity index (χ2n) is 6.15. The van der Waals surface area contributed by atoms with Crippen LogP contribution >= 0.6 is 11.6 Å². The molecule has 1 aromatic carbocycles. The van der Waals surface area contributed by atoms with E-state index in [1.165, 1.54) is 6.42 Å². The average Bonchev–Trinajstić information content (AvgIpc) is 2.57. The minimum absolute atomic E-state index is 0.308. The Labute approximate surface area is 143 Å². The lowest BCUT2D eigenvalue weighted by Gasteiger charge is -2.36. The molecule has 5 nitrogen and oxygen atoms in total. The number of benzene rings is 1. The number of rotatable bonds is 4. The topological polar surface area (TPSA) is 49.9 Å². The third-order valence-corrected chi connectivity index (χ3v) is 6.68.